The Balaban J connectivity index is 1.70. The Kier molecular flexibility index (Phi) is 4.61. The number of carbonyl (C=O) groups is 2. The van der Waals surface area contributed by atoms with Gasteiger partial charge in [-0.3, -0.25) is 14.6 Å². The molecule has 1 saturated carbocycles. The molecule has 1 unspecified atom stereocenters. The molecule has 0 aromatic carbocycles. The van der Waals surface area contributed by atoms with Crippen molar-refractivity contribution in [2.45, 2.75) is 58.0 Å². The summed E-state index contributed by atoms with van der Waals surface area (Å²) in [4.78, 5) is 33.7. The van der Waals surface area contributed by atoms with E-state index < -0.39 is 5.41 Å². The molecule has 0 N–H and O–H groups in total. The fourth-order valence-corrected chi connectivity index (χ4v) is 4.22. The maximum Gasteiger partial charge on any atom is 0.246 e. The molecular weight excluding hydrogens is 302 g/mol. The first kappa shape index (κ1) is 16.9. The van der Waals surface area contributed by atoms with Crippen LogP contribution in [0.25, 0.3) is 0 Å². The lowest BCUT2D eigenvalue weighted by atomic mass is 9.67. The van der Waals surface area contributed by atoms with Crippen molar-refractivity contribution in [1.29, 1.82) is 0 Å². The fourth-order valence-electron chi connectivity index (χ4n) is 4.22. The van der Waals surface area contributed by atoms with Crippen LogP contribution in [0.1, 0.15) is 45.2 Å². The Morgan fingerprint density at radius 3 is 2.67 bits per heavy atom. The second kappa shape index (κ2) is 6.54. The lowest BCUT2D eigenvalue weighted by Gasteiger charge is -2.56. The highest BCUT2D eigenvalue weighted by atomic mass is 16.2. The molecule has 130 valence electrons. The highest BCUT2D eigenvalue weighted by molar-refractivity contribution is 6.02. The van der Waals surface area contributed by atoms with E-state index in [9.17, 15) is 9.59 Å². The third kappa shape index (κ3) is 2.70. The summed E-state index contributed by atoms with van der Waals surface area (Å²) in [7, 11) is 1.84. The minimum Gasteiger partial charge on any atom is -0.344 e. The largest absolute Gasteiger partial charge is 0.344 e. The monoisotopic (exact) mass is 329 g/mol. The zero-order chi connectivity index (χ0) is 17.3. The summed E-state index contributed by atoms with van der Waals surface area (Å²) in [6, 6.07) is 5.62. The zero-order valence-electron chi connectivity index (χ0n) is 14.9. The molecule has 5 heteroatoms. The Morgan fingerprint density at radius 1 is 1.38 bits per heavy atom. The van der Waals surface area contributed by atoms with Crippen LogP contribution < -0.4 is 0 Å². The summed E-state index contributed by atoms with van der Waals surface area (Å²) in [6.45, 7) is 4.62. The molecule has 1 atom stereocenters. The number of aromatic nitrogens is 1. The van der Waals surface area contributed by atoms with E-state index in [2.05, 4.69) is 4.98 Å². The fraction of sp³-hybridized carbons (Fsp3) is 0.632. The highest BCUT2D eigenvalue weighted by Crippen LogP contribution is 2.52. The normalized spacial score (nSPS) is 22.1. The predicted molar refractivity (Wildman–Crippen MR) is 92.2 cm³/mol. The van der Waals surface area contributed by atoms with Crippen LogP contribution in [-0.2, 0) is 16.0 Å². The summed E-state index contributed by atoms with van der Waals surface area (Å²) < 4.78 is 0. The minimum absolute atomic E-state index is 0.0712. The van der Waals surface area contributed by atoms with Crippen molar-refractivity contribution in [3.05, 3.63) is 30.1 Å². The van der Waals surface area contributed by atoms with Crippen LogP contribution in [-0.4, -0.2) is 52.3 Å². The Hall–Kier alpha value is -1.91. The molecule has 24 heavy (non-hydrogen) atoms. The van der Waals surface area contributed by atoms with E-state index >= 15 is 0 Å². The molecule has 5 nitrogen and oxygen atoms in total. The van der Waals surface area contributed by atoms with Gasteiger partial charge in [-0.25, -0.2) is 0 Å². The minimum atomic E-state index is -0.416. The van der Waals surface area contributed by atoms with Crippen molar-refractivity contribution in [3.8, 4) is 0 Å². The van der Waals surface area contributed by atoms with E-state index in [0.29, 0.717) is 6.54 Å². The number of likely N-dealkylation sites (N-methyl/N-ethyl adjacent to an activating group) is 1. The van der Waals surface area contributed by atoms with Gasteiger partial charge in [0.2, 0.25) is 11.8 Å². The number of hydrogen-bond donors (Lipinski definition) is 0. The zero-order valence-corrected chi connectivity index (χ0v) is 14.9. The van der Waals surface area contributed by atoms with Crippen molar-refractivity contribution >= 4 is 11.8 Å². The van der Waals surface area contributed by atoms with Gasteiger partial charge in [0, 0.05) is 37.9 Å². The SMILES string of the molecule is CC(C)N1C(=O)C2(CCCC2)C1C(=O)N(C)CCc1ccccn1. The maximum absolute atomic E-state index is 13.1. The van der Waals surface area contributed by atoms with Gasteiger partial charge in [-0.15, -0.1) is 0 Å². The number of amides is 2. The molecule has 2 heterocycles. The number of rotatable bonds is 5. The van der Waals surface area contributed by atoms with Gasteiger partial charge in [0.25, 0.3) is 0 Å². The summed E-state index contributed by atoms with van der Waals surface area (Å²) in [5.74, 6) is 0.271. The lowest BCUT2D eigenvalue weighted by molar-refractivity contribution is -0.184. The number of carbonyl (C=O) groups excluding carboxylic acids is 2. The molecule has 1 spiro atoms. The first-order valence-corrected chi connectivity index (χ1v) is 8.95. The smallest absolute Gasteiger partial charge is 0.246 e. The molecule has 2 fully saturated rings. The van der Waals surface area contributed by atoms with Crippen molar-refractivity contribution in [1.82, 2.24) is 14.8 Å². The van der Waals surface area contributed by atoms with Gasteiger partial charge in [-0.1, -0.05) is 18.9 Å². The Morgan fingerprint density at radius 2 is 2.08 bits per heavy atom. The van der Waals surface area contributed by atoms with Crippen molar-refractivity contribution in [3.63, 3.8) is 0 Å². The molecule has 3 rings (SSSR count). The Labute approximate surface area is 144 Å². The van der Waals surface area contributed by atoms with Crippen molar-refractivity contribution in [2.24, 2.45) is 5.41 Å². The van der Waals surface area contributed by atoms with Gasteiger partial charge in [0.1, 0.15) is 6.04 Å². The van der Waals surface area contributed by atoms with Crippen molar-refractivity contribution < 1.29 is 9.59 Å². The number of likely N-dealkylation sites (tertiary alicyclic amines) is 1. The molecule has 1 aromatic heterocycles. The molecule has 0 bridgehead atoms. The molecule has 0 radical (unpaired) electrons. The van der Waals surface area contributed by atoms with Gasteiger partial charge in [0.15, 0.2) is 0 Å². The second-order valence-corrected chi connectivity index (χ2v) is 7.40. The average Bonchev–Trinajstić information content (AvgIpc) is 3.09. The van der Waals surface area contributed by atoms with Gasteiger partial charge in [0.05, 0.1) is 5.41 Å². The maximum atomic E-state index is 13.1. The number of hydrogen-bond acceptors (Lipinski definition) is 3. The topological polar surface area (TPSA) is 53.5 Å². The summed E-state index contributed by atoms with van der Waals surface area (Å²) in [5.41, 5.74) is 0.568. The van der Waals surface area contributed by atoms with Crippen LogP contribution in [0.2, 0.25) is 0 Å². The summed E-state index contributed by atoms with van der Waals surface area (Å²) in [6.07, 6.45) is 6.34. The van der Waals surface area contributed by atoms with E-state index in [1.54, 1.807) is 16.0 Å². The lowest BCUT2D eigenvalue weighted by Crippen LogP contribution is -2.74. The number of nitrogens with zero attached hydrogens (tertiary/aromatic N) is 3. The number of pyridine rings is 1. The van der Waals surface area contributed by atoms with Gasteiger partial charge in [-0.05, 0) is 38.8 Å². The van der Waals surface area contributed by atoms with E-state index in [4.69, 9.17) is 0 Å². The number of β-lactam (4-membered cyclic amide) rings is 1. The molecule has 1 aromatic rings. The Bertz CT molecular complexity index is 608. The third-order valence-corrected chi connectivity index (χ3v) is 5.55. The van der Waals surface area contributed by atoms with Gasteiger partial charge >= 0.3 is 0 Å². The molecule has 1 aliphatic carbocycles. The molecule has 2 amide bonds. The van der Waals surface area contributed by atoms with E-state index in [1.165, 1.54) is 0 Å². The van der Waals surface area contributed by atoms with E-state index in [1.807, 2.05) is 39.1 Å². The van der Waals surface area contributed by atoms with E-state index in [-0.39, 0.29) is 23.9 Å². The predicted octanol–water partition coefficient (Wildman–Crippen LogP) is 2.26. The quantitative estimate of drug-likeness (QED) is 0.779. The highest BCUT2D eigenvalue weighted by Gasteiger charge is 2.65. The molecular formula is C19H27N3O2. The van der Waals surface area contributed by atoms with Gasteiger partial charge < -0.3 is 9.80 Å². The van der Waals surface area contributed by atoms with Crippen LogP contribution in [0.4, 0.5) is 0 Å². The van der Waals surface area contributed by atoms with Crippen LogP contribution in [0.3, 0.4) is 0 Å². The third-order valence-electron chi connectivity index (χ3n) is 5.55. The molecule has 2 aliphatic rings. The van der Waals surface area contributed by atoms with Gasteiger partial charge in [-0.2, -0.15) is 0 Å². The van der Waals surface area contributed by atoms with Crippen LogP contribution in [0.15, 0.2) is 24.4 Å². The van der Waals surface area contributed by atoms with E-state index in [0.717, 1.165) is 37.8 Å². The van der Waals surface area contributed by atoms with Crippen molar-refractivity contribution in [2.75, 3.05) is 13.6 Å². The first-order valence-electron chi connectivity index (χ1n) is 8.95. The van der Waals surface area contributed by atoms with Crippen LogP contribution >= 0.6 is 0 Å². The van der Waals surface area contributed by atoms with Crippen LogP contribution in [0, 0.1) is 5.41 Å². The average molecular weight is 329 g/mol. The summed E-state index contributed by atoms with van der Waals surface area (Å²) >= 11 is 0. The first-order chi connectivity index (χ1) is 11.5. The molecule has 1 aliphatic heterocycles. The second-order valence-electron chi connectivity index (χ2n) is 7.40. The van der Waals surface area contributed by atoms with Crippen LogP contribution in [0.5, 0.6) is 0 Å². The standard InChI is InChI=1S/C19H27N3O2/c1-14(2)22-16(19(18(22)24)10-5-6-11-19)17(23)21(3)13-9-15-8-4-7-12-20-15/h4,7-8,12,14,16H,5-6,9-11,13H2,1-3H3. The molecule has 1 saturated heterocycles. The summed E-state index contributed by atoms with van der Waals surface area (Å²) in [5, 5.41) is 0.